The van der Waals surface area contributed by atoms with Gasteiger partial charge in [-0.1, -0.05) is 19.8 Å². The molecule has 1 aliphatic carbocycles. The molecule has 1 saturated heterocycles. The summed E-state index contributed by atoms with van der Waals surface area (Å²) in [5, 5.41) is 3.27. The maximum absolute atomic E-state index is 12.4. The fraction of sp³-hybridized carbons (Fsp3) is 0.875. The van der Waals surface area contributed by atoms with E-state index in [4.69, 9.17) is 0 Å². The third-order valence-corrected chi connectivity index (χ3v) is 5.07. The maximum Gasteiger partial charge on any atom is 0.247 e. The molecule has 120 valence electrons. The maximum atomic E-state index is 12.4. The second-order valence-electron chi connectivity index (χ2n) is 6.49. The van der Waals surface area contributed by atoms with Crippen molar-refractivity contribution >= 4 is 11.8 Å². The minimum absolute atomic E-state index is 0.00177. The minimum Gasteiger partial charge on any atom is -0.304 e. The second kappa shape index (κ2) is 7.36. The van der Waals surface area contributed by atoms with Crippen LogP contribution in [0.3, 0.4) is 0 Å². The van der Waals surface area contributed by atoms with Crippen LogP contribution in [0.2, 0.25) is 0 Å². The van der Waals surface area contributed by atoms with Crippen LogP contribution in [0.1, 0.15) is 52.4 Å². The van der Waals surface area contributed by atoms with E-state index >= 15 is 0 Å². The highest BCUT2D eigenvalue weighted by Gasteiger charge is 2.42. The van der Waals surface area contributed by atoms with E-state index in [2.05, 4.69) is 31.1 Å². The molecule has 1 aliphatic heterocycles. The standard InChI is InChI=1S/C16H29N3O2/c1-4-12(2)18(3)10-9-17-14-11-15(20)19(16(14)21)13-7-5-6-8-13/h12-14,17H,4-11H2,1-3H3. The van der Waals surface area contributed by atoms with Gasteiger partial charge in [0.15, 0.2) is 0 Å². The largest absolute Gasteiger partial charge is 0.304 e. The highest BCUT2D eigenvalue weighted by molar-refractivity contribution is 6.05. The van der Waals surface area contributed by atoms with Gasteiger partial charge in [0.05, 0.1) is 12.5 Å². The highest BCUT2D eigenvalue weighted by Crippen LogP contribution is 2.28. The van der Waals surface area contributed by atoms with Crippen molar-refractivity contribution in [2.45, 2.75) is 70.5 Å². The number of hydrogen-bond donors (Lipinski definition) is 1. The lowest BCUT2D eigenvalue weighted by atomic mass is 10.2. The Morgan fingerprint density at radius 2 is 2.00 bits per heavy atom. The van der Waals surface area contributed by atoms with Gasteiger partial charge in [0.1, 0.15) is 0 Å². The Morgan fingerprint density at radius 1 is 1.33 bits per heavy atom. The quantitative estimate of drug-likeness (QED) is 0.721. The zero-order chi connectivity index (χ0) is 15.4. The molecule has 5 nitrogen and oxygen atoms in total. The summed E-state index contributed by atoms with van der Waals surface area (Å²) in [6.45, 7) is 6.03. The first-order valence-corrected chi connectivity index (χ1v) is 8.34. The molecule has 1 N–H and O–H groups in total. The molecule has 0 aromatic carbocycles. The zero-order valence-corrected chi connectivity index (χ0v) is 13.6. The van der Waals surface area contributed by atoms with Crippen molar-refractivity contribution in [2.24, 2.45) is 0 Å². The number of likely N-dealkylation sites (tertiary alicyclic amines) is 1. The summed E-state index contributed by atoms with van der Waals surface area (Å²) in [5.41, 5.74) is 0. The van der Waals surface area contributed by atoms with Crippen LogP contribution in [0.5, 0.6) is 0 Å². The number of nitrogens with zero attached hydrogens (tertiary/aromatic N) is 2. The Balaban J connectivity index is 1.79. The number of carbonyl (C=O) groups excluding carboxylic acids is 2. The van der Waals surface area contributed by atoms with Crippen molar-refractivity contribution in [3.8, 4) is 0 Å². The highest BCUT2D eigenvalue weighted by atomic mass is 16.2. The summed E-state index contributed by atoms with van der Waals surface area (Å²) in [7, 11) is 2.10. The molecule has 2 rings (SSSR count). The summed E-state index contributed by atoms with van der Waals surface area (Å²) in [5.74, 6) is 0.0118. The van der Waals surface area contributed by atoms with Gasteiger partial charge in [-0.2, -0.15) is 0 Å². The molecule has 2 aliphatic rings. The number of likely N-dealkylation sites (N-methyl/N-ethyl adjacent to an activating group) is 1. The molecule has 0 aromatic rings. The van der Waals surface area contributed by atoms with E-state index < -0.39 is 0 Å². The first kappa shape index (κ1) is 16.4. The van der Waals surface area contributed by atoms with Crippen molar-refractivity contribution < 1.29 is 9.59 Å². The molecule has 2 unspecified atom stereocenters. The molecule has 2 amide bonds. The molecular formula is C16H29N3O2. The molecule has 0 radical (unpaired) electrons. The van der Waals surface area contributed by atoms with E-state index in [1.54, 1.807) is 4.90 Å². The van der Waals surface area contributed by atoms with Crippen LogP contribution in [0, 0.1) is 0 Å². The first-order valence-electron chi connectivity index (χ1n) is 8.34. The molecule has 2 fully saturated rings. The fourth-order valence-electron chi connectivity index (χ4n) is 3.30. The van der Waals surface area contributed by atoms with Gasteiger partial charge in [-0.3, -0.25) is 14.5 Å². The number of rotatable bonds is 7. The summed E-state index contributed by atoms with van der Waals surface area (Å²) >= 11 is 0. The van der Waals surface area contributed by atoms with Crippen LogP contribution >= 0.6 is 0 Å². The van der Waals surface area contributed by atoms with Gasteiger partial charge in [-0.25, -0.2) is 0 Å². The monoisotopic (exact) mass is 295 g/mol. The summed E-state index contributed by atoms with van der Waals surface area (Å²) < 4.78 is 0. The van der Waals surface area contributed by atoms with Gasteiger partial charge in [0.25, 0.3) is 0 Å². The molecule has 5 heteroatoms. The van der Waals surface area contributed by atoms with Gasteiger partial charge in [-0.05, 0) is 33.2 Å². The van der Waals surface area contributed by atoms with E-state index in [-0.39, 0.29) is 23.9 Å². The Labute approximate surface area is 128 Å². The zero-order valence-electron chi connectivity index (χ0n) is 13.6. The van der Waals surface area contributed by atoms with Gasteiger partial charge >= 0.3 is 0 Å². The molecule has 2 atom stereocenters. The van der Waals surface area contributed by atoms with Gasteiger partial charge in [-0.15, -0.1) is 0 Å². The first-order chi connectivity index (χ1) is 10.0. The number of amides is 2. The molecule has 1 saturated carbocycles. The van der Waals surface area contributed by atoms with Gasteiger partial charge in [0, 0.05) is 25.2 Å². The lowest BCUT2D eigenvalue weighted by Crippen LogP contribution is -2.45. The second-order valence-corrected chi connectivity index (χ2v) is 6.49. The predicted octanol–water partition coefficient (Wildman–Crippen LogP) is 1.38. The van der Waals surface area contributed by atoms with Crippen LogP contribution in [0.4, 0.5) is 0 Å². The van der Waals surface area contributed by atoms with E-state index in [9.17, 15) is 9.59 Å². The number of nitrogens with one attached hydrogen (secondary N) is 1. The SMILES string of the molecule is CCC(C)N(C)CCNC1CC(=O)N(C2CCCC2)C1=O. The van der Waals surface area contributed by atoms with Crippen LogP contribution < -0.4 is 5.32 Å². The lowest BCUT2D eigenvalue weighted by molar-refractivity contribution is -0.141. The minimum atomic E-state index is -0.302. The van der Waals surface area contributed by atoms with Crippen LogP contribution in [-0.2, 0) is 9.59 Å². The smallest absolute Gasteiger partial charge is 0.247 e. The topological polar surface area (TPSA) is 52.7 Å². The fourth-order valence-corrected chi connectivity index (χ4v) is 3.30. The molecule has 0 spiro atoms. The summed E-state index contributed by atoms with van der Waals surface area (Å²) in [6.07, 6.45) is 5.70. The molecule has 1 heterocycles. The van der Waals surface area contributed by atoms with E-state index in [1.165, 1.54) is 0 Å². The third-order valence-electron chi connectivity index (χ3n) is 5.07. The van der Waals surface area contributed by atoms with Crippen molar-refractivity contribution in [2.75, 3.05) is 20.1 Å². The normalized spacial score (nSPS) is 25.3. The summed E-state index contributed by atoms with van der Waals surface area (Å²) in [4.78, 5) is 28.3. The molecule has 21 heavy (non-hydrogen) atoms. The van der Waals surface area contributed by atoms with E-state index in [0.29, 0.717) is 12.5 Å². The van der Waals surface area contributed by atoms with E-state index in [1.807, 2.05) is 0 Å². The van der Waals surface area contributed by atoms with Crippen LogP contribution in [0.15, 0.2) is 0 Å². The van der Waals surface area contributed by atoms with Crippen LogP contribution in [0.25, 0.3) is 0 Å². The Kier molecular flexibility index (Phi) is 5.76. The molecular weight excluding hydrogens is 266 g/mol. The Bertz CT molecular complexity index is 380. The molecule has 0 aromatic heterocycles. The Hall–Kier alpha value is -0.940. The third kappa shape index (κ3) is 3.83. The van der Waals surface area contributed by atoms with Crippen molar-refractivity contribution in [1.82, 2.24) is 15.1 Å². The predicted molar refractivity (Wildman–Crippen MR) is 82.9 cm³/mol. The van der Waals surface area contributed by atoms with Crippen molar-refractivity contribution in [3.63, 3.8) is 0 Å². The lowest BCUT2D eigenvalue weighted by Gasteiger charge is -2.25. The van der Waals surface area contributed by atoms with Crippen molar-refractivity contribution in [1.29, 1.82) is 0 Å². The average molecular weight is 295 g/mol. The van der Waals surface area contributed by atoms with Crippen LogP contribution in [-0.4, -0.2) is 59.9 Å². The molecule has 0 bridgehead atoms. The number of carbonyl (C=O) groups is 2. The van der Waals surface area contributed by atoms with Crippen molar-refractivity contribution in [3.05, 3.63) is 0 Å². The van der Waals surface area contributed by atoms with Gasteiger partial charge in [0.2, 0.25) is 11.8 Å². The van der Waals surface area contributed by atoms with Gasteiger partial charge < -0.3 is 10.2 Å². The summed E-state index contributed by atoms with van der Waals surface area (Å²) in [6, 6.07) is 0.408. The average Bonchev–Trinajstić information content (AvgIpc) is 3.06. The number of imide groups is 1. The number of hydrogen-bond acceptors (Lipinski definition) is 4. The van der Waals surface area contributed by atoms with E-state index in [0.717, 1.165) is 45.2 Å². The Morgan fingerprint density at radius 3 is 2.62 bits per heavy atom.